The number of hydrogen-bond acceptors (Lipinski definition) is 2. The quantitative estimate of drug-likeness (QED) is 0.481. The van der Waals surface area contributed by atoms with E-state index in [0.717, 1.165) is 9.84 Å². The van der Waals surface area contributed by atoms with Crippen molar-refractivity contribution in [2.75, 3.05) is 12.8 Å². The lowest BCUT2D eigenvalue weighted by molar-refractivity contribution is 0.648. The Labute approximate surface area is 81.0 Å². The van der Waals surface area contributed by atoms with Crippen molar-refractivity contribution in [2.24, 2.45) is 5.92 Å². The maximum absolute atomic E-state index is 3.13. The zero-order valence-corrected chi connectivity index (χ0v) is 9.24. The van der Waals surface area contributed by atoms with Gasteiger partial charge in [0, 0.05) is 9.68 Å². The van der Waals surface area contributed by atoms with E-state index < -0.39 is 0 Å². The molecule has 0 saturated heterocycles. The van der Waals surface area contributed by atoms with Gasteiger partial charge in [-0.05, 0) is 25.8 Å². The van der Waals surface area contributed by atoms with Crippen LogP contribution in [0.15, 0.2) is 0 Å². The monoisotopic (exact) mass is 271 g/mol. The SMILES string of the molecule is CNSCC1CCCC1I. The van der Waals surface area contributed by atoms with Gasteiger partial charge in [-0.2, -0.15) is 0 Å². The lowest BCUT2D eigenvalue weighted by Crippen LogP contribution is -2.11. The maximum Gasteiger partial charge on any atom is 0.0146 e. The first kappa shape index (κ1) is 9.13. The van der Waals surface area contributed by atoms with Crippen molar-refractivity contribution in [1.82, 2.24) is 4.72 Å². The molecule has 60 valence electrons. The minimum Gasteiger partial charge on any atom is -0.267 e. The fourth-order valence-corrected chi connectivity index (χ4v) is 3.55. The second-order valence-electron chi connectivity index (χ2n) is 2.72. The van der Waals surface area contributed by atoms with Crippen LogP contribution in [0.2, 0.25) is 0 Å². The van der Waals surface area contributed by atoms with Gasteiger partial charge < -0.3 is 0 Å². The predicted molar refractivity (Wildman–Crippen MR) is 56.7 cm³/mol. The lowest BCUT2D eigenvalue weighted by atomic mass is 10.1. The van der Waals surface area contributed by atoms with E-state index in [2.05, 4.69) is 27.3 Å². The normalized spacial score (nSPS) is 33.0. The van der Waals surface area contributed by atoms with Gasteiger partial charge in [0.2, 0.25) is 0 Å². The number of alkyl halides is 1. The minimum atomic E-state index is 0.943. The van der Waals surface area contributed by atoms with E-state index in [1.54, 1.807) is 0 Å². The van der Waals surface area contributed by atoms with Crippen LogP contribution in [0.3, 0.4) is 0 Å². The molecular formula is C7H14INS. The smallest absolute Gasteiger partial charge is 0.0146 e. The molecule has 0 radical (unpaired) electrons. The van der Waals surface area contributed by atoms with E-state index in [0.29, 0.717) is 0 Å². The molecule has 1 nitrogen and oxygen atoms in total. The molecular weight excluding hydrogens is 257 g/mol. The molecule has 0 aromatic heterocycles. The predicted octanol–water partition coefficient (Wildman–Crippen LogP) is 2.46. The Morgan fingerprint density at radius 3 is 2.90 bits per heavy atom. The fraction of sp³-hybridized carbons (Fsp3) is 1.00. The third kappa shape index (κ3) is 2.58. The highest BCUT2D eigenvalue weighted by Crippen LogP contribution is 2.33. The highest BCUT2D eigenvalue weighted by atomic mass is 127. The van der Waals surface area contributed by atoms with Crippen molar-refractivity contribution in [2.45, 2.75) is 23.2 Å². The summed E-state index contributed by atoms with van der Waals surface area (Å²) in [6, 6.07) is 0. The average molecular weight is 271 g/mol. The summed E-state index contributed by atoms with van der Waals surface area (Å²) in [6.07, 6.45) is 4.33. The Hall–Kier alpha value is 1.04. The van der Waals surface area contributed by atoms with Crippen LogP contribution < -0.4 is 4.72 Å². The largest absolute Gasteiger partial charge is 0.267 e. The van der Waals surface area contributed by atoms with Gasteiger partial charge in [0.15, 0.2) is 0 Å². The molecule has 1 saturated carbocycles. The standard InChI is InChI=1S/C7H14INS/c1-9-10-5-6-3-2-4-7(6)8/h6-7,9H,2-5H2,1H3. The van der Waals surface area contributed by atoms with Crippen molar-refractivity contribution in [3.8, 4) is 0 Å². The molecule has 0 aromatic carbocycles. The van der Waals surface area contributed by atoms with Crippen LogP contribution in [0.25, 0.3) is 0 Å². The summed E-state index contributed by atoms with van der Waals surface area (Å²) in [5.74, 6) is 2.27. The van der Waals surface area contributed by atoms with Gasteiger partial charge in [0.05, 0.1) is 0 Å². The highest BCUT2D eigenvalue weighted by Gasteiger charge is 2.23. The number of hydrogen-bond donors (Lipinski definition) is 1. The van der Waals surface area contributed by atoms with Crippen LogP contribution in [-0.2, 0) is 0 Å². The molecule has 0 bridgehead atoms. The van der Waals surface area contributed by atoms with E-state index in [9.17, 15) is 0 Å². The van der Waals surface area contributed by atoms with Gasteiger partial charge in [-0.1, -0.05) is 41.0 Å². The zero-order chi connectivity index (χ0) is 7.40. The summed E-state index contributed by atoms with van der Waals surface area (Å²) in [7, 11) is 2.00. The molecule has 0 aromatic rings. The van der Waals surface area contributed by atoms with E-state index in [1.807, 2.05) is 19.0 Å². The van der Waals surface area contributed by atoms with Crippen LogP contribution in [0.5, 0.6) is 0 Å². The van der Waals surface area contributed by atoms with E-state index in [4.69, 9.17) is 0 Å². The molecule has 1 aliphatic carbocycles. The van der Waals surface area contributed by atoms with Crippen molar-refractivity contribution >= 4 is 34.5 Å². The second-order valence-corrected chi connectivity index (χ2v) is 5.35. The Morgan fingerprint density at radius 1 is 1.60 bits per heavy atom. The van der Waals surface area contributed by atoms with Crippen molar-refractivity contribution in [3.05, 3.63) is 0 Å². The summed E-state index contributed by atoms with van der Waals surface area (Å²) in [6.45, 7) is 0. The summed E-state index contributed by atoms with van der Waals surface area (Å²) in [5.41, 5.74) is 0. The highest BCUT2D eigenvalue weighted by molar-refractivity contribution is 14.1. The van der Waals surface area contributed by atoms with Gasteiger partial charge in [0.1, 0.15) is 0 Å². The van der Waals surface area contributed by atoms with Crippen molar-refractivity contribution in [1.29, 1.82) is 0 Å². The third-order valence-corrected chi connectivity index (χ3v) is 4.53. The average Bonchev–Trinajstić information content (AvgIpc) is 2.31. The molecule has 1 N–H and O–H groups in total. The minimum absolute atomic E-state index is 0.943. The van der Waals surface area contributed by atoms with E-state index in [1.165, 1.54) is 25.0 Å². The molecule has 0 aliphatic heterocycles. The molecule has 0 heterocycles. The van der Waals surface area contributed by atoms with Gasteiger partial charge >= 0.3 is 0 Å². The Kier molecular flexibility index (Phi) is 4.41. The molecule has 1 aliphatic rings. The van der Waals surface area contributed by atoms with Gasteiger partial charge in [0.25, 0.3) is 0 Å². The zero-order valence-electron chi connectivity index (χ0n) is 6.27. The van der Waals surface area contributed by atoms with Crippen LogP contribution in [0, 0.1) is 5.92 Å². The number of halogens is 1. The molecule has 0 amide bonds. The molecule has 3 heteroatoms. The first-order valence-corrected chi connectivity index (χ1v) is 6.00. The summed E-state index contributed by atoms with van der Waals surface area (Å²) in [4.78, 5) is 0. The van der Waals surface area contributed by atoms with E-state index in [-0.39, 0.29) is 0 Å². The fourth-order valence-electron chi connectivity index (χ4n) is 1.37. The second kappa shape index (κ2) is 4.83. The van der Waals surface area contributed by atoms with Gasteiger partial charge in [-0.3, -0.25) is 4.72 Å². The van der Waals surface area contributed by atoms with Crippen LogP contribution in [0.4, 0.5) is 0 Å². The first-order valence-electron chi connectivity index (χ1n) is 3.77. The van der Waals surface area contributed by atoms with Crippen LogP contribution >= 0.6 is 34.5 Å². The third-order valence-electron chi connectivity index (χ3n) is 2.01. The summed E-state index contributed by atoms with van der Waals surface area (Å²) < 4.78 is 4.07. The number of nitrogens with one attached hydrogen (secondary N) is 1. The van der Waals surface area contributed by atoms with Crippen LogP contribution in [-0.4, -0.2) is 16.7 Å². The molecule has 0 spiro atoms. The molecule has 10 heavy (non-hydrogen) atoms. The maximum atomic E-state index is 3.13. The Bertz CT molecular complexity index is 99.6. The van der Waals surface area contributed by atoms with Crippen molar-refractivity contribution in [3.63, 3.8) is 0 Å². The molecule has 1 fully saturated rings. The number of rotatable bonds is 3. The summed E-state index contributed by atoms with van der Waals surface area (Å²) in [5, 5.41) is 0. The Morgan fingerprint density at radius 2 is 2.40 bits per heavy atom. The Balaban J connectivity index is 2.14. The van der Waals surface area contributed by atoms with Gasteiger partial charge in [-0.25, -0.2) is 0 Å². The molecule has 1 rings (SSSR count). The molecule has 2 unspecified atom stereocenters. The summed E-state index contributed by atoms with van der Waals surface area (Å²) >= 11 is 4.45. The lowest BCUT2D eigenvalue weighted by Gasteiger charge is -2.11. The molecule has 2 atom stereocenters. The van der Waals surface area contributed by atoms with Crippen LogP contribution in [0.1, 0.15) is 19.3 Å². The van der Waals surface area contributed by atoms with Crippen molar-refractivity contribution < 1.29 is 0 Å². The van der Waals surface area contributed by atoms with Gasteiger partial charge in [-0.15, -0.1) is 0 Å². The topological polar surface area (TPSA) is 12.0 Å². The van der Waals surface area contributed by atoms with E-state index >= 15 is 0 Å². The first-order chi connectivity index (χ1) is 4.84.